The number of anilines is 1. The maximum atomic E-state index is 17.9. The van der Waals surface area contributed by atoms with E-state index in [1.165, 1.54) is 13.2 Å². The van der Waals surface area contributed by atoms with Crippen LogP contribution < -0.4 is 14.4 Å². The topological polar surface area (TPSA) is 102 Å². The summed E-state index contributed by atoms with van der Waals surface area (Å²) >= 11 is 0. The van der Waals surface area contributed by atoms with Crippen molar-refractivity contribution in [2.75, 3.05) is 58.1 Å². The van der Waals surface area contributed by atoms with Gasteiger partial charge in [0.2, 0.25) is 0 Å². The van der Waals surface area contributed by atoms with Crippen LogP contribution in [0.1, 0.15) is 100.0 Å². The molecule has 4 aliphatic rings. The van der Waals surface area contributed by atoms with Crippen LogP contribution in [0.3, 0.4) is 0 Å². The van der Waals surface area contributed by atoms with E-state index in [4.69, 9.17) is 33.9 Å². The maximum absolute atomic E-state index is 17.9. The van der Waals surface area contributed by atoms with Crippen molar-refractivity contribution >= 4 is 41.7 Å². The fourth-order valence-corrected chi connectivity index (χ4v) is 16.2. The van der Waals surface area contributed by atoms with Crippen LogP contribution in [0.25, 0.3) is 32.9 Å². The van der Waals surface area contributed by atoms with Crippen molar-refractivity contribution in [3.63, 3.8) is 0 Å². The molecule has 1 amide bonds. The lowest BCUT2D eigenvalue weighted by molar-refractivity contribution is 0.0106. The molecule has 1 aliphatic carbocycles. The molecule has 344 valence electrons. The Hall–Kier alpha value is -4.65. The number of amides is 1. The van der Waals surface area contributed by atoms with Crippen LogP contribution in [-0.2, 0) is 9.47 Å². The highest BCUT2D eigenvalue weighted by Crippen LogP contribution is 2.48. The van der Waals surface area contributed by atoms with E-state index in [0.717, 1.165) is 32.2 Å². The Kier molecular flexibility index (Phi) is 12.4. The van der Waals surface area contributed by atoms with E-state index in [0.29, 0.717) is 76.9 Å². The van der Waals surface area contributed by atoms with Gasteiger partial charge in [0.25, 0.3) is 0 Å². The van der Waals surface area contributed by atoms with Gasteiger partial charge >= 0.3 is 12.1 Å². The molecule has 2 aromatic carbocycles. The van der Waals surface area contributed by atoms with Crippen molar-refractivity contribution in [1.29, 1.82) is 0 Å². The van der Waals surface area contributed by atoms with Gasteiger partial charge in [-0.05, 0) is 93.2 Å². The minimum atomic E-state index is -2.33. The Morgan fingerprint density at radius 2 is 1.72 bits per heavy atom. The van der Waals surface area contributed by atoms with E-state index in [1.807, 2.05) is 30.6 Å². The number of ether oxygens (including phenoxy) is 4. The SMILES string of the molecule is COCOc1cc(-c2ncc3c(N4CCN(C(=O)OC(C)(C)C)C5(CC5)C4)nc(OC[C@@]45CCCN4C[C@H](F)C5)nc3c2F)c2c(C#C[Si](C(C)C)(C(C)C)C(C)C)c(F)ccc2c1. The number of methoxy groups -OCH3 is 1. The smallest absolute Gasteiger partial charge is 0.410 e. The molecule has 0 radical (unpaired) electrons. The number of nitrogens with zero attached hydrogens (tertiary/aromatic N) is 6. The molecule has 0 bridgehead atoms. The summed E-state index contributed by atoms with van der Waals surface area (Å²) in [4.78, 5) is 33.9. The predicted molar refractivity (Wildman–Crippen MR) is 246 cm³/mol. The summed E-state index contributed by atoms with van der Waals surface area (Å²) in [7, 11) is -0.817. The molecule has 3 aliphatic heterocycles. The van der Waals surface area contributed by atoms with Crippen molar-refractivity contribution in [2.45, 2.75) is 134 Å². The van der Waals surface area contributed by atoms with Gasteiger partial charge in [-0.2, -0.15) is 9.97 Å². The number of carbonyl (C=O) groups is 1. The van der Waals surface area contributed by atoms with E-state index in [9.17, 15) is 9.18 Å². The number of rotatable bonds is 11. The maximum Gasteiger partial charge on any atom is 0.410 e. The van der Waals surface area contributed by atoms with Gasteiger partial charge in [-0.25, -0.2) is 18.0 Å². The normalized spacial score (nSPS) is 21.0. The van der Waals surface area contributed by atoms with Crippen LogP contribution >= 0.6 is 0 Å². The molecule has 0 unspecified atom stereocenters. The highest BCUT2D eigenvalue weighted by molar-refractivity contribution is 6.90. The summed E-state index contributed by atoms with van der Waals surface area (Å²) in [5, 5.41) is 1.35. The average Bonchev–Trinajstić information content (AvgIpc) is 3.76. The van der Waals surface area contributed by atoms with Crippen molar-refractivity contribution < 1.29 is 36.9 Å². The van der Waals surface area contributed by atoms with Gasteiger partial charge in [-0.15, -0.1) is 5.54 Å². The molecule has 8 rings (SSSR count). The third-order valence-electron chi connectivity index (χ3n) is 14.2. The summed E-state index contributed by atoms with van der Waals surface area (Å²) in [6.07, 6.45) is 3.83. The van der Waals surface area contributed by atoms with Crippen LogP contribution in [0.2, 0.25) is 16.6 Å². The molecular weight excluding hydrogens is 838 g/mol. The standard InChI is InChI=1S/C49H63F3N6O5Si/c1-30(2)64(31(3)4,32(5)6)21-14-36-39(51)13-12-33-22-35(62-29-60-10)23-37(40(33)36)42-41(52)43-38(25-53-42)44(55-45(54-43)61-28-49-15-11-18-57(49)26-34(50)24-49)56-19-20-58(48(27-56)16-17-48)46(59)63-47(7,8)9/h12-13,22-23,25,30-32,34H,11,15-20,24,26-29H2,1-10H3/t34-,49+/m1/s1. The van der Waals surface area contributed by atoms with Gasteiger partial charge in [0.05, 0.1) is 22.0 Å². The Balaban J connectivity index is 1.29. The average molecular weight is 901 g/mol. The summed E-state index contributed by atoms with van der Waals surface area (Å²) in [6, 6.07) is 6.41. The first-order valence-electron chi connectivity index (χ1n) is 22.9. The Morgan fingerprint density at radius 1 is 0.984 bits per heavy atom. The molecular formula is C49H63F3N6O5Si. The van der Waals surface area contributed by atoms with E-state index in [1.54, 1.807) is 24.4 Å². The Morgan fingerprint density at radius 3 is 2.39 bits per heavy atom. The monoisotopic (exact) mass is 900 g/mol. The number of fused-ring (bicyclic) bond motifs is 3. The fraction of sp³-hybridized carbons (Fsp3) is 0.592. The largest absolute Gasteiger partial charge is 0.468 e. The number of benzene rings is 2. The Bertz CT molecular complexity index is 2480. The van der Waals surface area contributed by atoms with Gasteiger partial charge in [-0.3, -0.25) is 14.8 Å². The second-order valence-electron chi connectivity index (χ2n) is 20.3. The summed E-state index contributed by atoms with van der Waals surface area (Å²) in [6.45, 7) is 21.2. The molecule has 4 aromatic rings. The zero-order valence-corrected chi connectivity index (χ0v) is 40.0. The van der Waals surface area contributed by atoms with Crippen LogP contribution in [0.4, 0.5) is 23.8 Å². The highest BCUT2D eigenvalue weighted by atomic mass is 28.3. The molecule has 2 aromatic heterocycles. The van der Waals surface area contributed by atoms with Crippen LogP contribution in [0.15, 0.2) is 30.5 Å². The number of pyridine rings is 1. The van der Waals surface area contributed by atoms with Crippen LogP contribution in [0, 0.1) is 23.1 Å². The first kappa shape index (κ1) is 45.9. The van der Waals surface area contributed by atoms with E-state index in [-0.39, 0.29) is 47.8 Å². The molecule has 15 heteroatoms. The lowest BCUT2D eigenvalue weighted by atomic mass is 9.95. The van der Waals surface area contributed by atoms with Crippen molar-refractivity contribution in [2.24, 2.45) is 0 Å². The first-order valence-corrected chi connectivity index (χ1v) is 25.1. The van der Waals surface area contributed by atoms with Crippen molar-refractivity contribution in [3.8, 4) is 34.5 Å². The third kappa shape index (κ3) is 8.39. The number of carbonyl (C=O) groups excluding carboxylic acids is 1. The van der Waals surface area contributed by atoms with Crippen LogP contribution in [-0.4, -0.2) is 115 Å². The Labute approximate surface area is 376 Å². The number of piperazine rings is 1. The molecule has 3 saturated heterocycles. The quantitative estimate of drug-likeness (QED) is 0.0821. The molecule has 11 nitrogen and oxygen atoms in total. The number of alkyl halides is 1. The first-order chi connectivity index (χ1) is 30.3. The highest BCUT2D eigenvalue weighted by Gasteiger charge is 2.55. The molecule has 1 saturated carbocycles. The van der Waals surface area contributed by atoms with Gasteiger partial charge in [-0.1, -0.05) is 53.5 Å². The molecule has 4 fully saturated rings. The number of aromatic nitrogens is 3. The van der Waals surface area contributed by atoms with E-state index < -0.39 is 42.6 Å². The zero-order valence-electron chi connectivity index (χ0n) is 39.0. The summed E-state index contributed by atoms with van der Waals surface area (Å²) in [5.74, 6) is 2.85. The molecule has 0 N–H and O–H groups in total. The molecule has 1 spiro atoms. The molecule has 5 heterocycles. The second-order valence-corrected chi connectivity index (χ2v) is 25.9. The zero-order chi connectivity index (χ0) is 45.9. The van der Waals surface area contributed by atoms with Crippen LogP contribution in [0.5, 0.6) is 11.8 Å². The van der Waals surface area contributed by atoms with Crippen molar-refractivity contribution in [3.05, 3.63) is 47.7 Å². The van der Waals surface area contributed by atoms with E-state index in [2.05, 4.69) is 57.9 Å². The van der Waals surface area contributed by atoms with Gasteiger partial charge in [0.15, 0.2) is 12.6 Å². The number of hydrogen-bond donors (Lipinski definition) is 0. The minimum Gasteiger partial charge on any atom is -0.468 e. The van der Waals surface area contributed by atoms with Gasteiger partial charge < -0.3 is 23.8 Å². The lowest BCUT2D eigenvalue weighted by Gasteiger charge is -2.43. The van der Waals surface area contributed by atoms with E-state index >= 15 is 8.78 Å². The summed E-state index contributed by atoms with van der Waals surface area (Å²) < 4.78 is 72.5. The molecule has 64 heavy (non-hydrogen) atoms. The van der Waals surface area contributed by atoms with Gasteiger partial charge in [0.1, 0.15) is 55.0 Å². The lowest BCUT2D eigenvalue weighted by Crippen LogP contribution is -2.58. The number of hydrogen-bond acceptors (Lipinski definition) is 10. The summed E-state index contributed by atoms with van der Waals surface area (Å²) in [5.41, 5.74) is 3.29. The van der Waals surface area contributed by atoms with Crippen molar-refractivity contribution in [1.82, 2.24) is 24.8 Å². The third-order valence-corrected chi connectivity index (χ3v) is 20.5. The molecule has 2 atom stereocenters. The predicted octanol–water partition coefficient (Wildman–Crippen LogP) is 10.2. The van der Waals surface area contributed by atoms with Gasteiger partial charge in [0, 0.05) is 56.9 Å². The fourth-order valence-electron chi connectivity index (χ4n) is 11.0. The minimum absolute atomic E-state index is 0.0359. The number of halogens is 3. The second kappa shape index (κ2) is 17.3.